The molecule has 1 heterocycles. The molecule has 2 fully saturated rings. The number of carbonyl (C=O) groups excluding carboxylic acids is 2. The lowest BCUT2D eigenvalue weighted by atomic mass is 9.83. The predicted octanol–water partition coefficient (Wildman–Crippen LogP) is 1.46. The molecule has 0 radical (unpaired) electrons. The van der Waals surface area contributed by atoms with Gasteiger partial charge in [0.25, 0.3) is 0 Å². The first-order valence-electron chi connectivity index (χ1n) is 6.37. The number of halogens is 2. The number of fused-ring (bicyclic) bond motifs is 1. The fourth-order valence-electron chi connectivity index (χ4n) is 3.54. The molecule has 0 N–H and O–H groups in total. The number of ether oxygens (including phenoxy) is 4. The van der Waals surface area contributed by atoms with E-state index in [0.29, 0.717) is 0 Å². The first-order chi connectivity index (χ1) is 9.57. The number of carbonyl (C=O) groups is 2. The lowest BCUT2D eigenvalue weighted by molar-refractivity contribution is -0.239. The molecule has 2 aliphatic rings. The number of esters is 2. The molecule has 0 amide bonds. The molecule has 0 aromatic heterocycles. The van der Waals surface area contributed by atoms with Gasteiger partial charge in [0.15, 0.2) is 4.87 Å². The number of cyclic esters (lactones) is 1. The van der Waals surface area contributed by atoms with Crippen LogP contribution in [0.25, 0.3) is 0 Å². The Morgan fingerprint density at radius 3 is 2.19 bits per heavy atom. The van der Waals surface area contributed by atoms with Crippen LogP contribution < -0.4 is 0 Å². The fraction of sp³-hybridized carbons (Fsp3) is 0.846. The Bertz CT molecular complexity index is 489. The summed E-state index contributed by atoms with van der Waals surface area (Å²) in [5.74, 6) is -3.98. The summed E-state index contributed by atoms with van der Waals surface area (Å²) in [6.07, 6.45) is 0.0190. The smallest absolute Gasteiger partial charge is 0.333 e. The normalized spacial score (nSPS) is 39.8. The Labute approximate surface area is 132 Å². The lowest BCUT2D eigenvalue weighted by Crippen LogP contribution is -2.65. The zero-order valence-electron chi connectivity index (χ0n) is 12.5. The summed E-state index contributed by atoms with van der Waals surface area (Å²) in [6.45, 7) is 3.41. The second-order valence-corrected chi connectivity index (χ2v) is 7.02. The van der Waals surface area contributed by atoms with E-state index in [9.17, 15) is 9.59 Å². The molecule has 0 aromatic rings. The summed E-state index contributed by atoms with van der Waals surface area (Å²) in [7, 11) is 3.74. The van der Waals surface area contributed by atoms with Crippen molar-refractivity contribution < 1.29 is 28.5 Å². The molecule has 0 spiro atoms. The van der Waals surface area contributed by atoms with Gasteiger partial charge in [-0.05, 0) is 20.3 Å². The van der Waals surface area contributed by atoms with Crippen LogP contribution >= 0.6 is 23.2 Å². The third-order valence-electron chi connectivity index (χ3n) is 4.54. The van der Waals surface area contributed by atoms with Crippen molar-refractivity contribution in [3.8, 4) is 0 Å². The van der Waals surface area contributed by atoms with Gasteiger partial charge in [0, 0.05) is 20.1 Å². The fourth-order valence-corrected chi connectivity index (χ4v) is 4.82. The Hall–Kier alpha value is -0.560. The van der Waals surface area contributed by atoms with E-state index >= 15 is 0 Å². The molecule has 1 saturated carbocycles. The molecule has 1 saturated heterocycles. The first-order valence-corrected chi connectivity index (χ1v) is 7.13. The minimum absolute atomic E-state index is 0.0190. The van der Waals surface area contributed by atoms with Crippen LogP contribution in [-0.4, -0.2) is 54.4 Å². The minimum atomic E-state index is -1.90. The first kappa shape index (κ1) is 16.8. The van der Waals surface area contributed by atoms with Crippen LogP contribution in [0.1, 0.15) is 20.3 Å². The highest BCUT2D eigenvalue weighted by Gasteiger charge is 2.85. The van der Waals surface area contributed by atoms with Crippen LogP contribution in [-0.2, 0) is 28.5 Å². The van der Waals surface area contributed by atoms with Gasteiger partial charge in [0.05, 0.1) is 7.11 Å². The highest BCUT2D eigenvalue weighted by Crippen LogP contribution is 2.65. The summed E-state index contributed by atoms with van der Waals surface area (Å²) in [5, 5.41) is 0. The van der Waals surface area contributed by atoms with E-state index in [4.69, 9.17) is 42.1 Å². The van der Waals surface area contributed by atoms with Gasteiger partial charge in [-0.15, -0.1) is 23.2 Å². The zero-order chi connectivity index (χ0) is 16.3. The Kier molecular flexibility index (Phi) is 3.77. The summed E-state index contributed by atoms with van der Waals surface area (Å²) in [5.41, 5.74) is -0.911. The molecular formula is C13H18Cl2O6. The molecule has 3 atom stereocenters. The third kappa shape index (κ3) is 1.67. The van der Waals surface area contributed by atoms with Crippen LogP contribution in [0.15, 0.2) is 0 Å². The van der Waals surface area contributed by atoms with Crippen LogP contribution in [0.4, 0.5) is 0 Å². The van der Waals surface area contributed by atoms with Crippen molar-refractivity contribution in [1.82, 2.24) is 0 Å². The standard InChI is InChI=1S/C13H18Cl2O6/c1-10(2)7-6-11(14,8(16)18-3)13(19-4,20-5)12(7,15)9(17)21-10/h7H,6H2,1-5H3/t7-,11-,12+/m1/s1. The molecule has 0 bridgehead atoms. The van der Waals surface area contributed by atoms with Crippen molar-refractivity contribution in [1.29, 1.82) is 0 Å². The predicted molar refractivity (Wildman–Crippen MR) is 74.2 cm³/mol. The van der Waals surface area contributed by atoms with E-state index in [-0.39, 0.29) is 6.42 Å². The number of methoxy groups -OCH3 is 3. The van der Waals surface area contributed by atoms with E-state index in [1.807, 2.05) is 0 Å². The maximum absolute atomic E-state index is 12.4. The van der Waals surface area contributed by atoms with Gasteiger partial charge in [-0.3, -0.25) is 0 Å². The molecular weight excluding hydrogens is 323 g/mol. The summed E-state index contributed by atoms with van der Waals surface area (Å²) >= 11 is 13.1. The van der Waals surface area contributed by atoms with Crippen LogP contribution in [0.3, 0.4) is 0 Å². The third-order valence-corrected chi connectivity index (χ3v) is 5.77. The topological polar surface area (TPSA) is 71.1 Å². The maximum Gasteiger partial charge on any atom is 0.333 e. The Morgan fingerprint density at radius 2 is 1.76 bits per heavy atom. The molecule has 21 heavy (non-hydrogen) atoms. The van der Waals surface area contributed by atoms with Crippen molar-refractivity contribution >= 4 is 35.1 Å². The molecule has 8 heteroatoms. The summed E-state index contributed by atoms with van der Waals surface area (Å²) < 4.78 is 20.9. The van der Waals surface area contributed by atoms with Gasteiger partial charge in [0.2, 0.25) is 10.7 Å². The van der Waals surface area contributed by atoms with Crippen molar-refractivity contribution in [2.45, 2.75) is 41.4 Å². The molecule has 1 aliphatic carbocycles. The monoisotopic (exact) mass is 340 g/mol. The lowest BCUT2D eigenvalue weighted by Gasteiger charge is -2.42. The van der Waals surface area contributed by atoms with E-state index in [1.165, 1.54) is 21.3 Å². The van der Waals surface area contributed by atoms with E-state index < -0.39 is 39.0 Å². The van der Waals surface area contributed by atoms with Crippen LogP contribution in [0, 0.1) is 5.92 Å². The summed E-state index contributed by atoms with van der Waals surface area (Å²) in [6, 6.07) is 0. The van der Waals surface area contributed by atoms with Gasteiger partial charge < -0.3 is 18.9 Å². The Balaban J connectivity index is 2.71. The van der Waals surface area contributed by atoms with Crippen molar-refractivity contribution in [2.75, 3.05) is 21.3 Å². The van der Waals surface area contributed by atoms with Crippen molar-refractivity contribution in [3.05, 3.63) is 0 Å². The second kappa shape index (κ2) is 4.72. The minimum Gasteiger partial charge on any atom is -0.468 e. The summed E-state index contributed by atoms with van der Waals surface area (Å²) in [4.78, 5) is 21.1. The molecule has 0 aromatic carbocycles. The molecule has 120 valence electrons. The number of rotatable bonds is 3. The van der Waals surface area contributed by atoms with Gasteiger partial charge in [-0.1, -0.05) is 0 Å². The van der Waals surface area contributed by atoms with Crippen LogP contribution in [0.5, 0.6) is 0 Å². The van der Waals surface area contributed by atoms with Gasteiger partial charge >= 0.3 is 11.9 Å². The Morgan fingerprint density at radius 1 is 1.24 bits per heavy atom. The average Bonchev–Trinajstić information content (AvgIpc) is 2.74. The maximum atomic E-state index is 12.4. The number of hydrogen-bond acceptors (Lipinski definition) is 6. The van der Waals surface area contributed by atoms with Crippen molar-refractivity contribution in [2.24, 2.45) is 5.92 Å². The number of alkyl halides is 2. The van der Waals surface area contributed by atoms with Crippen LogP contribution in [0.2, 0.25) is 0 Å². The quantitative estimate of drug-likeness (QED) is 0.440. The van der Waals surface area contributed by atoms with Gasteiger partial charge in [0.1, 0.15) is 5.60 Å². The molecule has 1 aliphatic heterocycles. The highest BCUT2D eigenvalue weighted by molar-refractivity contribution is 6.42. The zero-order valence-corrected chi connectivity index (χ0v) is 14.0. The second-order valence-electron chi connectivity index (χ2n) is 5.78. The molecule has 2 rings (SSSR count). The van der Waals surface area contributed by atoms with E-state index in [2.05, 4.69) is 0 Å². The average molecular weight is 341 g/mol. The number of hydrogen-bond donors (Lipinski definition) is 0. The van der Waals surface area contributed by atoms with E-state index in [0.717, 1.165) is 0 Å². The van der Waals surface area contributed by atoms with Crippen molar-refractivity contribution in [3.63, 3.8) is 0 Å². The van der Waals surface area contributed by atoms with E-state index in [1.54, 1.807) is 13.8 Å². The molecule has 6 nitrogen and oxygen atoms in total. The SMILES string of the molecule is COC(=O)[C@]1(Cl)C[C@@H]2C(C)(C)OC(=O)[C@]2(Cl)C1(OC)OC. The molecule has 0 unspecified atom stereocenters. The van der Waals surface area contributed by atoms with Gasteiger partial charge in [-0.25, -0.2) is 9.59 Å². The highest BCUT2D eigenvalue weighted by atomic mass is 35.5. The van der Waals surface area contributed by atoms with Gasteiger partial charge in [-0.2, -0.15) is 0 Å². The largest absolute Gasteiger partial charge is 0.468 e.